The fourth-order valence-corrected chi connectivity index (χ4v) is 3.05. The Morgan fingerprint density at radius 2 is 2.25 bits per heavy atom. The summed E-state index contributed by atoms with van der Waals surface area (Å²) in [6.45, 7) is 0. The zero-order valence-corrected chi connectivity index (χ0v) is 14.8. The molecule has 0 aliphatic heterocycles. The molecule has 5 rings (SSSR count). The Bertz CT molecular complexity index is 1200. The summed E-state index contributed by atoms with van der Waals surface area (Å²) in [5.74, 6) is 0.732. The monoisotopic (exact) mass is 381 g/mol. The second-order valence-corrected chi connectivity index (χ2v) is 6.53. The van der Waals surface area contributed by atoms with Crippen LogP contribution in [0.25, 0.3) is 16.7 Å². The van der Waals surface area contributed by atoms with E-state index in [0.29, 0.717) is 40.5 Å². The number of para-hydroxylation sites is 1. The van der Waals surface area contributed by atoms with Crippen molar-refractivity contribution in [3.05, 3.63) is 42.4 Å². The van der Waals surface area contributed by atoms with Crippen LogP contribution in [0.1, 0.15) is 16.8 Å². The molecule has 0 radical (unpaired) electrons. The molecule has 9 nitrogen and oxygen atoms in total. The number of aromatic nitrogens is 4. The van der Waals surface area contributed by atoms with Gasteiger partial charge in [0.15, 0.2) is 17.6 Å². The molecule has 10 heteroatoms. The molecule has 2 atom stereocenters. The number of rotatable bonds is 5. The highest BCUT2D eigenvalue weighted by Crippen LogP contribution is 2.28. The fraction of sp³-hybridized carbons (Fsp3) is 0.222. The number of oxazole rings is 1. The van der Waals surface area contributed by atoms with Gasteiger partial charge in [0.2, 0.25) is 0 Å². The molecular weight excluding hydrogens is 365 g/mol. The smallest absolute Gasteiger partial charge is 0.257 e. The maximum absolute atomic E-state index is 13.1. The molecule has 28 heavy (non-hydrogen) atoms. The third-order valence-corrected chi connectivity index (χ3v) is 4.62. The van der Waals surface area contributed by atoms with Gasteiger partial charge in [-0.15, -0.1) is 0 Å². The van der Waals surface area contributed by atoms with Crippen LogP contribution in [0.3, 0.4) is 0 Å². The van der Waals surface area contributed by atoms with Gasteiger partial charge in [0.25, 0.3) is 5.91 Å². The lowest BCUT2D eigenvalue weighted by atomic mass is 10.2. The van der Waals surface area contributed by atoms with Gasteiger partial charge in [0.05, 0.1) is 17.9 Å². The number of nitrogens with zero attached hydrogens (tertiary/aromatic N) is 4. The van der Waals surface area contributed by atoms with Crippen LogP contribution in [0, 0.1) is 0 Å². The van der Waals surface area contributed by atoms with E-state index in [9.17, 15) is 9.18 Å². The molecule has 4 aromatic rings. The molecule has 0 spiro atoms. The maximum atomic E-state index is 13.1. The minimum atomic E-state index is -0.980. The van der Waals surface area contributed by atoms with Crippen LogP contribution in [-0.4, -0.2) is 44.8 Å². The third-order valence-electron chi connectivity index (χ3n) is 4.62. The molecule has 0 bridgehead atoms. The molecule has 1 fully saturated rings. The first kappa shape index (κ1) is 16.5. The Morgan fingerprint density at radius 1 is 1.39 bits per heavy atom. The van der Waals surface area contributed by atoms with Crippen molar-refractivity contribution in [2.45, 2.75) is 18.6 Å². The molecule has 1 aromatic carbocycles. The predicted octanol–water partition coefficient (Wildman–Crippen LogP) is 2.50. The molecule has 3 aromatic heterocycles. The molecule has 3 heterocycles. The average molecular weight is 381 g/mol. The molecule has 1 saturated carbocycles. The predicted molar refractivity (Wildman–Crippen MR) is 101 cm³/mol. The third kappa shape index (κ3) is 2.70. The van der Waals surface area contributed by atoms with E-state index in [1.807, 2.05) is 18.2 Å². The van der Waals surface area contributed by atoms with Gasteiger partial charge in [-0.25, -0.2) is 14.4 Å². The molecule has 0 unspecified atom stereocenters. The van der Waals surface area contributed by atoms with Gasteiger partial charge in [0, 0.05) is 19.5 Å². The van der Waals surface area contributed by atoms with E-state index in [2.05, 4.69) is 31.0 Å². The Kier molecular flexibility index (Phi) is 3.64. The number of carbonyl (C=O) groups excluding carboxylic acids is 1. The standard InChI is InChI=1S/C18H16FN7O2/c1-20-15-6-14(23-11-3-2-4-13-16(11)21-8-28-13)25-17-9(7-22-26(15)17)18(27)24-12-5-10(12)19/h2-4,6-8,10,12,20H,5H2,1H3,(H,23,25)(H,24,27)/t10-,12+/m1/s1. The molecule has 1 aliphatic carbocycles. The molecule has 3 N–H and O–H groups in total. The fourth-order valence-electron chi connectivity index (χ4n) is 3.05. The molecule has 1 aliphatic rings. The SMILES string of the molecule is CNc1cc(Nc2cccc3ocnc23)nc2c(C(=O)N[C@H]3C[C@H]3F)cnn12. The number of carbonyl (C=O) groups is 1. The number of halogens is 1. The summed E-state index contributed by atoms with van der Waals surface area (Å²) in [6, 6.07) is 6.84. The highest BCUT2D eigenvalue weighted by molar-refractivity contribution is 6.00. The van der Waals surface area contributed by atoms with Crippen molar-refractivity contribution >= 4 is 40.0 Å². The van der Waals surface area contributed by atoms with Crippen LogP contribution in [0.15, 0.2) is 41.3 Å². The van der Waals surface area contributed by atoms with Crippen LogP contribution in [0.2, 0.25) is 0 Å². The highest BCUT2D eigenvalue weighted by atomic mass is 19.1. The summed E-state index contributed by atoms with van der Waals surface area (Å²) in [6.07, 6.45) is 2.16. The van der Waals surface area contributed by atoms with E-state index in [1.165, 1.54) is 17.1 Å². The largest absolute Gasteiger partial charge is 0.443 e. The summed E-state index contributed by atoms with van der Waals surface area (Å²) >= 11 is 0. The van der Waals surface area contributed by atoms with Crippen LogP contribution in [0.5, 0.6) is 0 Å². The second kappa shape index (κ2) is 6.19. The lowest BCUT2D eigenvalue weighted by molar-refractivity contribution is 0.0949. The van der Waals surface area contributed by atoms with Crippen molar-refractivity contribution in [1.29, 1.82) is 0 Å². The summed E-state index contributed by atoms with van der Waals surface area (Å²) in [5, 5.41) is 13.1. The molecular formula is C18H16FN7O2. The van der Waals surface area contributed by atoms with E-state index in [4.69, 9.17) is 4.42 Å². The summed E-state index contributed by atoms with van der Waals surface area (Å²) in [4.78, 5) is 21.2. The molecule has 0 saturated heterocycles. The molecule has 1 amide bonds. The Morgan fingerprint density at radius 3 is 3.04 bits per heavy atom. The van der Waals surface area contributed by atoms with Crippen LogP contribution in [-0.2, 0) is 0 Å². The number of fused-ring (bicyclic) bond motifs is 2. The van der Waals surface area contributed by atoms with E-state index in [0.717, 1.165) is 0 Å². The number of anilines is 3. The van der Waals surface area contributed by atoms with Crippen LogP contribution in [0.4, 0.5) is 21.7 Å². The quantitative estimate of drug-likeness (QED) is 0.487. The lowest BCUT2D eigenvalue weighted by Gasteiger charge is -2.10. The first-order chi connectivity index (χ1) is 13.6. The number of alkyl halides is 1. The summed E-state index contributed by atoms with van der Waals surface area (Å²) in [5.41, 5.74) is 2.67. The lowest BCUT2D eigenvalue weighted by Crippen LogP contribution is -2.27. The Hall–Kier alpha value is -3.69. The first-order valence-electron chi connectivity index (χ1n) is 8.75. The van der Waals surface area contributed by atoms with Crippen molar-refractivity contribution in [2.75, 3.05) is 17.7 Å². The van der Waals surface area contributed by atoms with Gasteiger partial charge in [0.1, 0.15) is 28.9 Å². The normalized spacial score (nSPS) is 18.4. The second-order valence-electron chi connectivity index (χ2n) is 6.53. The highest BCUT2D eigenvalue weighted by Gasteiger charge is 2.39. The summed E-state index contributed by atoms with van der Waals surface area (Å²) in [7, 11) is 1.75. The maximum Gasteiger partial charge on any atom is 0.257 e. The van der Waals surface area contributed by atoms with Crippen molar-refractivity contribution < 1.29 is 13.6 Å². The van der Waals surface area contributed by atoms with E-state index < -0.39 is 18.1 Å². The van der Waals surface area contributed by atoms with Crippen molar-refractivity contribution in [2.24, 2.45) is 0 Å². The van der Waals surface area contributed by atoms with Crippen molar-refractivity contribution in [3.8, 4) is 0 Å². The number of benzene rings is 1. The number of amides is 1. The van der Waals surface area contributed by atoms with E-state index in [-0.39, 0.29) is 5.56 Å². The zero-order valence-electron chi connectivity index (χ0n) is 14.8. The van der Waals surface area contributed by atoms with Gasteiger partial charge >= 0.3 is 0 Å². The topological polar surface area (TPSA) is 109 Å². The molecule has 142 valence electrons. The van der Waals surface area contributed by atoms with Crippen LogP contribution >= 0.6 is 0 Å². The van der Waals surface area contributed by atoms with Gasteiger partial charge in [-0.05, 0) is 12.1 Å². The Labute approximate surface area is 158 Å². The first-order valence-corrected chi connectivity index (χ1v) is 8.75. The number of hydrogen-bond acceptors (Lipinski definition) is 7. The minimum absolute atomic E-state index is 0.277. The van der Waals surface area contributed by atoms with Gasteiger partial charge in [-0.2, -0.15) is 9.61 Å². The van der Waals surface area contributed by atoms with Crippen LogP contribution < -0.4 is 16.0 Å². The van der Waals surface area contributed by atoms with Gasteiger partial charge in [-0.3, -0.25) is 4.79 Å². The zero-order chi connectivity index (χ0) is 19.3. The van der Waals surface area contributed by atoms with E-state index >= 15 is 0 Å². The van der Waals surface area contributed by atoms with Crippen molar-refractivity contribution in [1.82, 2.24) is 24.9 Å². The average Bonchev–Trinajstić information content (AvgIpc) is 3.10. The number of hydrogen-bond donors (Lipinski definition) is 3. The van der Waals surface area contributed by atoms with Gasteiger partial charge in [-0.1, -0.05) is 6.07 Å². The minimum Gasteiger partial charge on any atom is -0.443 e. The van der Waals surface area contributed by atoms with Crippen molar-refractivity contribution in [3.63, 3.8) is 0 Å². The summed E-state index contributed by atoms with van der Waals surface area (Å²) < 4.78 is 20.0. The van der Waals surface area contributed by atoms with Gasteiger partial charge < -0.3 is 20.4 Å². The Balaban J connectivity index is 1.55. The van der Waals surface area contributed by atoms with E-state index in [1.54, 1.807) is 13.1 Å². The number of nitrogens with one attached hydrogen (secondary N) is 3.